The molecular formula is C14H15ClN2O. The van der Waals surface area contributed by atoms with E-state index < -0.39 is 0 Å². The molecule has 2 aromatic rings. The lowest BCUT2D eigenvalue weighted by Crippen LogP contribution is -2.26. The van der Waals surface area contributed by atoms with Gasteiger partial charge in [0.15, 0.2) is 0 Å². The monoisotopic (exact) mass is 262 g/mol. The summed E-state index contributed by atoms with van der Waals surface area (Å²) in [6.45, 7) is 5.95. The van der Waals surface area contributed by atoms with Gasteiger partial charge in [-0.2, -0.15) is 0 Å². The number of hydrogen-bond acceptors (Lipinski definition) is 2. The highest BCUT2D eigenvalue weighted by Gasteiger charge is 2.13. The summed E-state index contributed by atoms with van der Waals surface area (Å²) in [7, 11) is 0. The molecule has 4 heteroatoms. The smallest absolute Gasteiger partial charge is 0.260 e. The van der Waals surface area contributed by atoms with E-state index >= 15 is 0 Å². The second-order valence-electron chi connectivity index (χ2n) is 4.27. The molecule has 0 radical (unpaired) electrons. The van der Waals surface area contributed by atoms with E-state index in [9.17, 15) is 4.79 Å². The van der Waals surface area contributed by atoms with Crippen molar-refractivity contribution in [1.29, 1.82) is 0 Å². The molecule has 18 heavy (non-hydrogen) atoms. The maximum absolute atomic E-state index is 12.4. The summed E-state index contributed by atoms with van der Waals surface area (Å²) in [6, 6.07) is 7.10. The molecule has 94 valence electrons. The highest BCUT2D eigenvalue weighted by Crippen LogP contribution is 2.22. The Balaban J connectivity index is 2.90. The molecule has 0 saturated carbocycles. The Labute approximate surface area is 110 Å². The number of pyridine rings is 1. The van der Waals surface area contributed by atoms with Crippen LogP contribution in [0.4, 0.5) is 0 Å². The zero-order chi connectivity index (χ0) is 13.3. The van der Waals surface area contributed by atoms with Crippen LogP contribution in [0.2, 0.25) is 5.02 Å². The Morgan fingerprint density at radius 2 is 2.28 bits per heavy atom. The van der Waals surface area contributed by atoms with E-state index in [0.29, 0.717) is 17.0 Å². The molecule has 3 nitrogen and oxygen atoms in total. The first-order valence-electron chi connectivity index (χ1n) is 5.74. The van der Waals surface area contributed by atoms with Crippen molar-refractivity contribution in [1.82, 2.24) is 4.57 Å². The molecule has 0 aliphatic rings. The van der Waals surface area contributed by atoms with Crippen molar-refractivity contribution in [2.75, 3.05) is 0 Å². The fraction of sp³-hybridized carbons (Fsp3) is 0.214. The van der Waals surface area contributed by atoms with E-state index in [1.165, 1.54) is 0 Å². The molecule has 1 atom stereocenters. The van der Waals surface area contributed by atoms with Crippen LogP contribution in [-0.4, -0.2) is 4.57 Å². The van der Waals surface area contributed by atoms with Gasteiger partial charge < -0.3 is 10.3 Å². The van der Waals surface area contributed by atoms with Crippen LogP contribution in [0.15, 0.2) is 41.7 Å². The summed E-state index contributed by atoms with van der Waals surface area (Å²) < 4.78 is 1.62. The molecule has 2 rings (SSSR count). The number of halogens is 1. The zero-order valence-electron chi connectivity index (χ0n) is 10.2. The molecule has 0 aliphatic heterocycles. The molecule has 1 heterocycles. The van der Waals surface area contributed by atoms with Crippen molar-refractivity contribution in [3.63, 3.8) is 0 Å². The Bertz CT molecular complexity index is 659. The largest absolute Gasteiger partial charge is 0.323 e. The van der Waals surface area contributed by atoms with Gasteiger partial charge in [-0.15, -0.1) is 6.58 Å². The van der Waals surface area contributed by atoms with Gasteiger partial charge in [-0.25, -0.2) is 0 Å². The van der Waals surface area contributed by atoms with Crippen LogP contribution >= 0.6 is 11.6 Å². The second-order valence-corrected chi connectivity index (χ2v) is 4.67. The van der Waals surface area contributed by atoms with Gasteiger partial charge in [0.25, 0.3) is 5.56 Å². The number of hydrogen-bond donors (Lipinski definition) is 1. The van der Waals surface area contributed by atoms with E-state index in [2.05, 4.69) is 6.58 Å². The van der Waals surface area contributed by atoms with Gasteiger partial charge in [-0.05, 0) is 24.4 Å². The predicted octanol–water partition coefficient (Wildman–Crippen LogP) is 2.86. The molecule has 0 bridgehead atoms. The number of aromatic nitrogens is 1. The number of allylic oxidation sites excluding steroid dienone is 1. The summed E-state index contributed by atoms with van der Waals surface area (Å²) in [6.07, 6.45) is 1.68. The minimum atomic E-state index is -0.221. The van der Waals surface area contributed by atoms with Crippen molar-refractivity contribution in [2.45, 2.75) is 19.5 Å². The molecule has 0 spiro atoms. The summed E-state index contributed by atoms with van der Waals surface area (Å²) in [4.78, 5) is 12.4. The Morgan fingerprint density at radius 1 is 1.56 bits per heavy atom. The third-order valence-electron chi connectivity index (χ3n) is 2.90. The van der Waals surface area contributed by atoms with Crippen LogP contribution < -0.4 is 11.3 Å². The molecule has 0 saturated heterocycles. The Kier molecular flexibility index (Phi) is 3.55. The third kappa shape index (κ3) is 2.07. The lowest BCUT2D eigenvalue weighted by molar-refractivity contribution is 0.659. The number of fused-ring (bicyclic) bond motifs is 1. The Hall–Kier alpha value is -1.58. The normalized spacial score (nSPS) is 12.6. The summed E-state index contributed by atoms with van der Waals surface area (Å²) >= 11 is 6.10. The third-order valence-corrected chi connectivity index (χ3v) is 3.21. The quantitative estimate of drug-likeness (QED) is 0.865. The van der Waals surface area contributed by atoms with E-state index in [-0.39, 0.29) is 11.6 Å². The van der Waals surface area contributed by atoms with Crippen LogP contribution in [0, 0.1) is 0 Å². The molecular weight excluding hydrogens is 248 g/mol. The van der Waals surface area contributed by atoms with Crippen molar-refractivity contribution in [3.8, 4) is 0 Å². The number of nitrogens with two attached hydrogens (primary N) is 1. The van der Waals surface area contributed by atoms with Crippen LogP contribution in [0.1, 0.15) is 18.7 Å². The molecule has 0 aliphatic carbocycles. The van der Waals surface area contributed by atoms with Gasteiger partial charge >= 0.3 is 0 Å². The van der Waals surface area contributed by atoms with E-state index in [1.54, 1.807) is 16.7 Å². The molecule has 2 N–H and O–H groups in total. The lowest BCUT2D eigenvalue weighted by Gasteiger charge is -2.16. The predicted molar refractivity (Wildman–Crippen MR) is 76.0 cm³/mol. The topological polar surface area (TPSA) is 48.0 Å². The summed E-state index contributed by atoms with van der Waals surface area (Å²) in [5, 5.41) is 1.82. The first-order valence-corrected chi connectivity index (χ1v) is 6.12. The lowest BCUT2D eigenvalue weighted by atomic mass is 10.1. The molecule has 0 amide bonds. The SMILES string of the molecule is C=CCn1c([C@H](C)N)cc2cccc(Cl)c2c1=O. The Morgan fingerprint density at radius 3 is 2.89 bits per heavy atom. The molecule has 1 aromatic heterocycles. The van der Waals surface area contributed by atoms with Crippen LogP contribution in [0.3, 0.4) is 0 Å². The maximum Gasteiger partial charge on any atom is 0.260 e. The average molecular weight is 263 g/mol. The number of rotatable bonds is 3. The van der Waals surface area contributed by atoms with Crippen LogP contribution in [-0.2, 0) is 6.54 Å². The molecule has 0 unspecified atom stereocenters. The van der Waals surface area contributed by atoms with Gasteiger partial charge in [0.05, 0.1) is 10.4 Å². The summed E-state index contributed by atoms with van der Waals surface area (Å²) in [5.41, 5.74) is 6.58. The highest BCUT2D eigenvalue weighted by molar-refractivity contribution is 6.35. The number of benzene rings is 1. The first-order chi connectivity index (χ1) is 8.56. The van der Waals surface area contributed by atoms with E-state index in [4.69, 9.17) is 17.3 Å². The van der Waals surface area contributed by atoms with Crippen LogP contribution in [0.5, 0.6) is 0 Å². The van der Waals surface area contributed by atoms with Crippen molar-refractivity contribution >= 4 is 22.4 Å². The average Bonchev–Trinajstić information content (AvgIpc) is 2.32. The number of nitrogens with zero attached hydrogens (tertiary/aromatic N) is 1. The highest BCUT2D eigenvalue weighted by atomic mass is 35.5. The van der Waals surface area contributed by atoms with Gasteiger partial charge in [0.1, 0.15) is 0 Å². The van der Waals surface area contributed by atoms with Crippen molar-refractivity contribution < 1.29 is 0 Å². The maximum atomic E-state index is 12.4. The van der Waals surface area contributed by atoms with Gasteiger partial charge in [-0.1, -0.05) is 29.8 Å². The van der Waals surface area contributed by atoms with Crippen molar-refractivity contribution in [3.05, 3.63) is 58.0 Å². The minimum Gasteiger partial charge on any atom is -0.323 e. The van der Waals surface area contributed by atoms with Crippen molar-refractivity contribution in [2.24, 2.45) is 5.73 Å². The van der Waals surface area contributed by atoms with E-state index in [1.807, 2.05) is 25.1 Å². The second kappa shape index (κ2) is 4.96. The van der Waals surface area contributed by atoms with Gasteiger partial charge in [-0.3, -0.25) is 4.79 Å². The fourth-order valence-corrected chi connectivity index (χ4v) is 2.33. The van der Waals surface area contributed by atoms with Gasteiger partial charge in [0.2, 0.25) is 0 Å². The standard InChI is InChI=1S/C14H15ClN2O/c1-3-7-17-12(9(2)16)8-10-5-4-6-11(15)13(10)14(17)18/h3-6,8-9H,1,7,16H2,2H3/t9-/m0/s1. The first kappa shape index (κ1) is 12.9. The van der Waals surface area contributed by atoms with Gasteiger partial charge in [0, 0.05) is 18.3 Å². The molecule has 1 aromatic carbocycles. The minimum absolute atomic E-state index is 0.120. The fourth-order valence-electron chi connectivity index (χ4n) is 2.07. The van der Waals surface area contributed by atoms with Crippen LogP contribution in [0.25, 0.3) is 10.8 Å². The van der Waals surface area contributed by atoms with E-state index in [0.717, 1.165) is 11.1 Å². The molecule has 0 fully saturated rings. The summed E-state index contributed by atoms with van der Waals surface area (Å²) in [5.74, 6) is 0. The zero-order valence-corrected chi connectivity index (χ0v) is 10.9.